The van der Waals surface area contributed by atoms with E-state index < -0.39 is 0 Å². The lowest BCUT2D eigenvalue weighted by Gasteiger charge is -2.06. The van der Waals surface area contributed by atoms with Crippen LogP contribution in [0.1, 0.15) is 19.3 Å². The first-order chi connectivity index (χ1) is 8.34. The highest BCUT2D eigenvalue weighted by atomic mass is 16.5. The number of hydrogen-bond donors (Lipinski definition) is 1. The summed E-state index contributed by atoms with van der Waals surface area (Å²) in [6.07, 6.45) is 5.29. The minimum atomic E-state index is 0.0643. The molecule has 0 spiro atoms. The van der Waals surface area contributed by atoms with Crippen LogP contribution in [0.15, 0.2) is 29.2 Å². The summed E-state index contributed by atoms with van der Waals surface area (Å²) in [5.74, 6) is 0. The van der Waals surface area contributed by atoms with Crippen LogP contribution in [-0.4, -0.2) is 31.4 Å². The van der Waals surface area contributed by atoms with E-state index in [-0.39, 0.29) is 5.56 Å². The van der Waals surface area contributed by atoms with Gasteiger partial charge in [-0.1, -0.05) is 6.07 Å². The van der Waals surface area contributed by atoms with E-state index in [4.69, 9.17) is 4.74 Å². The van der Waals surface area contributed by atoms with Gasteiger partial charge in [-0.3, -0.25) is 4.79 Å². The van der Waals surface area contributed by atoms with Crippen molar-refractivity contribution in [1.29, 1.82) is 0 Å². The number of pyridine rings is 1. The lowest BCUT2D eigenvalue weighted by Crippen LogP contribution is -2.26. The van der Waals surface area contributed by atoms with Crippen LogP contribution in [0.2, 0.25) is 0 Å². The highest BCUT2D eigenvalue weighted by Crippen LogP contribution is 1.93. The highest BCUT2D eigenvalue weighted by Gasteiger charge is 1.93. The molecule has 0 fully saturated rings. The van der Waals surface area contributed by atoms with Crippen LogP contribution < -0.4 is 10.9 Å². The number of aromatic nitrogens is 1. The minimum Gasteiger partial charge on any atom is -0.385 e. The van der Waals surface area contributed by atoms with E-state index in [1.165, 1.54) is 6.42 Å². The van der Waals surface area contributed by atoms with Gasteiger partial charge in [0, 0.05) is 39.1 Å². The zero-order valence-corrected chi connectivity index (χ0v) is 10.5. The number of ether oxygens (including phenoxy) is 1. The van der Waals surface area contributed by atoms with Crippen molar-refractivity contribution >= 4 is 0 Å². The van der Waals surface area contributed by atoms with Gasteiger partial charge in [-0.2, -0.15) is 0 Å². The molecule has 0 aliphatic heterocycles. The summed E-state index contributed by atoms with van der Waals surface area (Å²) in [7, 11) is 1.73. The van der Waals surface area contributed by atoms with Crippen molar-refractivity contribution in [2.24, 2.45) is 0 Å². The van der Waals surface area contributed by atoms with E-state index in [1.54, 1.807) is 23.8 Å². The van der Waals surface area contributed by atoms with Gasteiger partial charge in [-0.15, -0.1) is 0 Å². The van der Waals surface area contributed by atoms with Crippen molar-refractivity contribution in [2.45, 2.75) is 25.8 Å². The molecule has 4 heteroatoms. The first-order valence-corrected chi connectivity index (χ1v) is 6.19. The number of rotatable bonds is 9. The first-order valence-electron chi connectivity index (χ1n) is 6.19. The van der Waals surface area contributed by atoms with E-state index in [9.17, 15) is 4.79 Å². The van der Waals surface area contributed by atoms with Crippen LogP contribution in [0.4, 0.5) is 0 Å². The molecule has 0 aliphatic rings. The van der Waals surface area contributed by atoms with Crippen LogP contribution in [-0.2, 0) is 11.3 Å². The van der Waals surface area contributed by atoms with Crippen molar-refractivity contribution in [3.63, 3.8) is 0 Å². The van der Waals surface area contributed by atoms with Crippen molar-refractivity contribution in [2.75, 3.05) is 26.8 Å². The lowest BCUT2D eigenvalue weighted by molar-refractivity contribution is 0.192. The monoisotopic (exact) mass is 238 g/mol. The third-order valence-electron chi connectivity index (χ3n) is 2.63. The average molecular weight is 238 g/mol. The molecule has 96 valence electrons. The molecule has 1 rings (SSSR count). The predicted molar refractivity (Wildman–Crippen MR) is 69.3 cm³/mol. The van der Waals surface area contributed by atoms with Gasteiger partial charge in [0.15, 0.2) is 0 Å². The van der Waals surface area contributed by atoms with Crippen LogP contribution in [0.3, 0.4) is 0 Å². The van der Waals surface area contributed by atoms with Crippen LogP contribution in [0, 0.1) is 0 Å². The maximum absolute atomic E-state index is 11.4. The Morgan fingerprint density at radius 1 is 1.24 bits per heavy atom. The van der Waals surface area contributed by atoms with E-state index in [0.29, 0.717) is 0 Å². The minimum absolute atomic E-state index is 0.0643. The molecule has 0 radical (unpaired) electrons. The molecular weight excluding hydrogens is 216 g/mol. The molecule has 4 nitrogen and oxygen atoms in total. The Balaban J connectivity index is 2.01. The Hall–Kier alpha value is -1.13. The Morgan fingerprint density at radius 3 is 2.88 bits per heavy atom. The third-order valence-corrected chi connectivity index (χ3v) is 2.63. The second kappa shape index (κ2) is 8.96. The summed E-state index contributed by atoms with van der Waals surface area (Å²) < 4.78 is 6.70. The smallest absolute Gasteiger partial charge is 0.250 e. The van der Waals surface area contributed by atoms with Crippen LogP contribution in [0.5, 0.6) is 0 Å². The lowest BCUT2D eigenvalue weighted by atomic mass is 10.2. The van der Waals surface area contributed by atoms with Gasteiger partial charge < -0.3 is 14.6 Å². The maximum Gasteiger partial charge on any atom is 0.250 e. The Labute approximate surface area is 103 Å². The summed E-state index contributed by atoms with van der Waals surface area (Å²) in [6, 6.07) is 5.24. The fourth-order valence-corrected chi connectivity index (χ4v) is 1.64. The van der Waals surface area contributed by atoms with Gasteiger partial charge >= 0.3 is 0 Å². The molecule has 0 atom stereocenters. The van der Waals surface area contributed by atoms with E-state index in [2.05, 4.69) is 5.32 Å². The molecule has 0 aromatic carbocycles. The zero-order chi connectivity index (χ0) is 12.3. The number of methoxy groups -OCH3 is 1. The normalized spacial score (nSPS) is 10.6. The first kappa shape index (κ1) is 13.9. The Morgan fingerprint density at radius 2 is 2.12 bits per heavy atom. The molecule has 1 heterocycles. The quantitative estimate of drug-likeness (QED) is 0.659. The largest absolute Gasteiger partial charge is 0.385 e. The topological polar surface area (TPSA) is 43.3 Å². The number of nitrogens with one attached hydrogen (secondary N) is 1. The predicted octanol–water partition coefficient (Wildman–Crippen LogP) is 1.25. The molecule has 0 unspecified atom stereocenters. The van der Waals surface area contributed by atoms with E-state index in [0.717, 1.165) is 39.1 Å². The molecular formula is C13H22N2O2. The van der Waals surface area contributed by atoms with E-state index in [1.807, 2.05) is 12.3 Å². The van der Waals surface area contributed by atoms with Gasteiger partial charge in [-0.05, 0) is 31.9 Å². The van der Waals surface area contributed by atoms with Gasteiger partial charge in [0.05, 0.1) is 0 Å². The summed E-state index contributed by atoms with van der Waals surface area (Å²) in [5.41, 5.74) is 0.0643. The molecule has 1 N–H and O–H groups in total. The number of unbranched alkanes of at least 4 members (excludes halogenated alkanes) is 2. The molecule has 0 saturated carbocycles. The Bertz CT molecular complexity index is 349. The molecule has 0 saturated heterocycles. The summed E-state index contributed by atoms with van der Waals surface area (Å²) in [5, 5.41) is 3.34. The van der Waals surface area contributed by atoms with Crippen molar-refractivity contribution < 1.29 is 4.74 Å². The Kier molecular flexibility index (Phi) is 7.34. The molecule has 1 aromatic rings. The number of nitrogens with zero attached hydrogens (tertiary/aromatic N) is 1. The average Bonchev–Trinajstić information content (AvgIpc) is 2.35. The molecule has 0 bridgehead atoms. The van der Waals surface area contributed by atoms with Crippen molar-refractivity contribution in [3.05, 3.63) is 34.7 Å². The van der Waals surface area contributed by atoms with E-state index >= 15 is 0 Å². The zero-order valence-electron chi connectivity index (χ0n) is 10.5. The maximum atomic E-state index is 11.4. The second-order valence-electron chi connectivity index (χ2n) is 4.04. The highest BCUT2D eigenvalue weighted by molar-refractivity contribution is 4.93. The molecule has 0 aliphatic carbocycles. The molecule has 1 aromatic heterocycles. The summed E-state index contributed by atoms with van der Waals surface area (Å²) >= 11 is 0. The van der Waals surface area contributed by atoms with Crippen LogP contribution in [0.25, 0.3) is 0 Å². The summed E-state index contributed by atoms with van der Waals surface area (Å²) in [6.45, 7) is 3.43. The fraction of sp³-hybridized carbons (Fsp3) is 0.615. The number of hydrogen-bond acceptors (Lipinski definition) is 3. The third kappa shape index (κ3) is 6.24. The van der Waals surface area contributed by atoms with Gasteiger partial charge in [0.25, 0.3) is 5.56 Å². The van der Waals surface area contributed by atoms with Crippen molar-refractivity contribution in [1.82, 2.24) is 9.88 Å². The van der Waals surface area contributed by atoms with Crippen LogP contribution >= 0.6 is 0 Å². The molecule has 0 amide bonds. The van der Waals surface area contributed by atoms with Gasteiger partial charge in [0.2, 0.25) is 0 Å². The van der Waals surface area contributed by atoms with Gasteiger partial charge in [0.1, 0.15) is 0 Å². The summed E-state index contributed by atoms with van der Waals surface area (Å²) in [4.78, 5) is 11.4. The second-order valence-corrected chi connectivity index (χ2v) is 4.04. The fourth-order valence-electron chi connectivity index (χ4n) is 1.64. The SMILES string of the molecule is COCCCCCNCCn1ccccc1=O. The standard InChI is InChI=1S/C13H22N2O2/c1-17-12-6-2-4-8-14-9-11-15-10-5-3-7-13(15)16/h3,5,7,10,14H,2,4,6,8-9,11-12H2,1H3. The molecule has 17 heavy (non-hydrogen) atoms. The van der Waals surface area contributed by atoms with Crippen molar-refractivity contribution in [3.8, 4) is 0 Å². The van der Waals surface area contributed by atoms with Gasteiger partial charge in [-0.25, -0.2) is 0 Å².